The van der Waals surface area contributed by atoms with E-state index in [0.29, 0.717) is 16.3 Å². The number of hydrogen-bond acceptors (Lipinski definition) is 3. The average Bonchev–Trinajstić information content (AvgIpc) is 2.64. The molecule has 0 spiro atoms. The molecule has 20 heavy (non-hydrogen) atoms. The second-order valence-corrected chi connectivity index (χ2v) is 5.63. The summed E-state index contributed by atoms with van der Waals surface area (Å²) in [7, 11) is 0. The van der Waals surface area contributed by atoms with Gasteiger partial charge in [0.1, 0.15) is 0 Å². The Hall–Kier alpha value is -1.85. The van der Waals surface area contributed by atoms with Crippen LogP contribution >= 0.6 is 27.5 Å². The first-order valence-electron chi connectivity index (χ1n) is 5.73. The fourth-order valence-corrected chi connectivity index (χ4v) is 2.95. The molecule has 0 saturated heterocycles. The lowest BCUT2D eigenvalue weighted by Gasteiger charge is -2.15. The molecule has 100 valence electrons. The van der Waals surface area contributed by atoms with Crippen molar-refractivity contribution in [2.75, 3.05) is 10.6 Å². The molecule has 0 bridgehead atoms. The Morgan fingerprint density at radius 3 is 2.50 bits per heavy atom. The summed E-state index contributed by atoms with van der Waals surface area (Å²) < 4.78 is 0.766. The van der Waals surface area contributed by atoms with Crippen molar-refractivity contribution in [3.05, 3.63) is 57.0 Å². The molecule has 0 aliphatic carbocycles. The van der Waals surface area contributed by atoms with Gasteiger partial charge in [-0.1, -0.05) is 33.6 Å². The highest BCUT2D eigenvalue weighted by atomic mass is 79.9. The molecule has 0 radical (unpaired) electrons. The predicted molar refractivity (Wildman–Crippen MR) is 81.1 cm³/mol. The minimum Gasteiger partial charge on any atom is -0.398 e. The van der Waals surface area contributed by atoms with Gasteiger partial charge in [0.05, 0.1) is 21.8 Å². The molecule has 0 fully saturated rings. The van der Waals surface area contributed by atoms with Crippen molar-refractivity contribution in [2.24, 2.45) is 0 Å². The number of imide groups is 1. The van der Waals surface area contributed by atoms with Gasteiger partial charge in [-0.15, -0.1) is 0 Å². The zero-order chi connectivity index (χ0) is 14.4. The minimum absolute atomic E-state index is 0.233. The molecular formula is C14H8BrClN2O2. The fourth-order valence-electron chi connectivity index (χ4n) is 2.19. The van der Waals surface area contributed by atoms with Gasteiger partial charge in [0.25, 0.3) is 11.8 Å². The molecular weight excluding hydrogens is 344 g/mol. The van der Waals surface area contributed by atoms with E-state index < -0.39 is 11.8 Å². The van der Waals surface area contributed by atoms with Gasteiger partial charge in [-0.25, -0.2) is 4.90 Å². The van der Waals surface area contributed by atoms with E-state index in [1.165, 1.54) is 0 Å². The Morgan fingerprint density at radius 1 is 1.10 bits per heavy atom. The first-order valence-corrected chi connectivity index (χ1v) is 6.90. The Balaban J connectivity index is 2.17. The Bertz CT molecular complexity index is 761. The monoisotopic (exact) mass is 350 g/mol. The van der Waals surface area contributed by atoms with Crippen LogP contribution in [-0.2, 0) is 0 Å². The zero-order valence-electron chi connectivity index (χ0n) is 10.1. The number of anilines is 2. The number of amides is 2. The van der Waals surface area contributed by atoms with E-state index in [2.05, 4.69) is 15.9 Å². The molecule has 6 heteroatoms. The minimum atomic E-state index is -0.452. The molecule has 1 aliphatic rings. The van der Waals surface area contributed by atoms with E-state index in [4.69, 9.17) is 17.3 Å². The number of rotatable bonds is 1. The maximum absolute atomic E-state index is 12.4. The standard InChI is InChI=1S/C14H8BrClN2O2/c15-7-4-5-11(9(16)6-7)18-13(19)8-2-1-3-10(17)12(8)14(18)20/h1-6H,17H2. The second-order valence-electron chi connectivity index (χ2n) is 4.31. The third-order valence-corrected chi connectivity index (χ3v) is 3.89. The number of nitrogen functional groups attached to an aromatic ring is 1. The lowest BCUT2D eigenvalue weighted by molar-refractivity contribution is 0.0926. The molecule has 2 aromatic carbocycles. The van der Waals surface area contributed by atoms with Crippen molar-refractivity contribution in [1.82, 2.24) is 0 Å². The van der Waals surface area contributed by atoms with E-state index in [1.807, 2.05) is 0 Å². The van der Waals surface area contributed by atoms with Crippen molar-refractivity contribution >= 4 is 50.7 Å². The van der Waals surface area contributed by atoms with Crippen LogP contribution in [0, 0.1) is 0 Å². The fraction of sp³-hybridized carbons (Fsp3) is 0. The Labute approximate surface area is 128 Å². The van der Waals surface area contributed by atoms with Crippen LogP contribution in [0.2, 0.25) is 5.02 Å². The number of carbonyl (C=O) groups is 2. The molecule has 1 heterocycles. The quantitative estimate of drug-likeness (QED) is 0.632. The zero-order valence-corrected chi connectivity index (χ0v) is 12.4. The predicted octanol–water partition coefficient (Wildman–Crippen LogP) is 3.49. The lowest BCUT2D eigenvalue weighted by atomic mass is 10.1. The molecule has 2 N–H and O–H groups in total. The van der Waals surface area contributed by atoms with E-state index in [1.54, 1.807) is 36.4 Å². The summed E-state index contributed by atoms with van der Waals surface area (Å²) in [5, 5.41) is 0.312. The third kappa shape index (κ3) is 1.82. The second kappa shape index (κ2) is 4.61. The van der Waals surface area contributed by atoms with Gasteiger partial charge in [-0.3, -0.25) is 9.59 Å². The van der Waals surface area contributed by atoms with Crippen LogP contribution < -0.4 is 10.6 Å². The van der Waals surface area contributed by atoms with E-state index in [0.717, 1.165) is 9.37 Å². The number of benzene rings is 2. The van der Waals surface area contributed by atoms with Crippen molar-refractivity contribution in [1.29, 1.82) is 0 Å². The first-order chi connectivity index (χ1) is 9.50. The van der Waals surface area contributed by atoms with E-state index in [-0.39, 0.29) is 11.3 Å². The molecule has 0 aromatic heterocycles. The van der Waals surface area contributed by atoms with E-state index in [9.17, 15) is 9.59 Å². The summed E-state index contributed by atoms with van der Waals surface area (Å²) in [5.74, 6) is -0.867. The van der Waals surface area contributed by atoms with Crippen molar-refractivity contribution in [3.8, 4) is 0 Å². The van der Waals surface area contributed by atoms with Crippen LogP contribution in [0.1, 0.15) is 20.7 Å². The number of fused-ring (bicyclic) bond motifs is 1. The summed E-state index contributed by atoms with van der Waals surface area (Å²) in [4.78, 5) is 25.8. The molecule has 2 amide bonds. The normalized spacial score (nSPS) is 13.8. The van der Waals surface area contributed by atoms with E-state index >= 15 is 0 Å². The van der Waals surface area contributed by atoms with Gasteiger partial charge in [0, 0.05) is 10.2 Å². The summed E-state index contributed by atoms with van der Waals surface area (Å²) in [6.45, 7) is 0. The number of carbonyl (C=O) groups excluding carboxylic acids is 2. The Kier molecular flexibility index (Phi) is 3.03. The SMILES string of the molecule is Nc1cccc2c1C(=O)N(c1ccc(Br)cc1Cl)C2=O. The maximum atomic E-state index is 12.4. The van der Waals surface area contributed by atoms with Gasteiger partial charge in [-0.05, 0) is 30.3 Å². The molecule has 0 unspecified atom stereocenters. The highest BCUT2D eigenvalue weighted by Crippen LogP contribution is 2.36. The van der Waals surface area contributed by atoms with Gasteiger partial charge in [0.15, 0.2) is 0 Å². The largest absolute Gasteiger partial charge is 0.398 e. The molecule has 3 rings (SSSR count). The molecule has 0 atom stereocenters. The highest BCUT2D eigenvalue weighted by molar-refractivity contribution is 9.10. The number of hydrogen-bond donors (Lipinski definition) is 1. The maximum Gasteiger partial charge on any atom is 0.268 e. The third-order valence-electron chi connectivity index (χ3n) is 3.10. The van der Waals surface area contributed by atoms with Crippen LogP contribution in [0.15, 0.2) is 40.9 Å². The smallest absolute Gasteiger partial charge is 0.268 e. The highest BCUT2D eigenvalue weighted by Gasteiger charge is 2.38. The van der Waals surface area contributed by atoms with Crippen LogP contribution in [0.5, 0.6) is 0 Å². The van der Waals surface area contributed by atoms with Crippen LogP contribution in [0.3, 0.4) is 0 Å². The summed E-state index contributed by atoms with van der Waals surface area (Å²) >= 11 is 9.40. The summed E-state index contributed by atoms with van der Waals surface area (Å²) in [5.41, 5.74) is 6.96. The van der Waals surface area contributed by atoms with Gasteiger partial charge in [0.2, 0.25) is 0 Å². The van der Waals surface area contributed by atoms with Crippen LogP contribution in [-0.4, -0.2) is 11.8 Å². The van der Waals surface area contributed by atoms with Crippen molar-refractivity contribution in [2.45, 2.75) is 0 Å². The van der Waals surface area contributed by atoms with Crippen LogP contribution in [0.25, 0.3) is 0 Å². The number of nitrogens with two attached hydrogens (primary N) is 1. The first kappa shape index (κ1) is 13.1. The molecule has 0 saturated carbocycles. The molecule has 1 aliphatic heterocycles. The number of nitrogens with zero attached hydrogens (tertiary/aromatic N) is 1. The van der Waals surface area contributed by atoms with Crippen LogP contribution in [0.4, 0.5) is 11.4 Å². The lowest BCUT2D eigenvalue weighted by Crippen LogP contribution is -2.29. The number of halogens is 2. The average molecular weight is 352 g/mol. The van der Waals surface area contributed by atoms with Crippen molar-refractivity contribution in [3.63, 3.8) is 0 Å². The summed E-state index contributed by atoms with van der Waals surface area (Å²) in [6.07, 6.45) is 0. The molecule has 2 aromatic rings. The Morgan fingerprint density at radius 2 is 1.85 bits per heavy atom. The van der Waals surface area contributed by atoms with Gasteiger partial charge >= 0.3 is 0 Å². The molecule has 4 nitrogen and oxygen atoms in total. The topological polar surface area (TPSA) is 63.4 Å². The summed E-state index contributed by atoms with van der Waals surface area (Å²) in [6, 6.07) is 9.78. The van der Waals surface area contributed by atoms with Crippen molar-refractivity contribution < 1.29 is 9.59 Å². The van der Waals surface area contributed by atoms with Gasteiger partial charge in [-0.2, -0.15) is 0 Å². The van der Waals surface area contributed by atoms with Gasteiger partial charge < -0.3 is 5.73 Å².